The van der Waals surface area contributed by atoms with Crippen LogP contribution in [0.1, 0.15) is 34.4 Å². The monoisotopic (exact) mass is 623 g/mol. The molecule has 2 amide bonds. The molecule has 1 fully saturated rings. The number of aromatic nitrogens is 2. The Labute approximate surface area is 246 Å². The first-order valence-electron chi connectivity index (χ1n) is 12.8. The van der Waals surface area contributed by atoms with Crippen molar-refractivity contribution in [2.75, 3.05) is 24.6 Å². The van der Waals surface area contributed by atoms with Crippen LogP contribution in [0.2, 0.25) is 4.34 Å². The first kappa shape index (κ1) is 30.7. The van der Waals surface area contributed by atoms with Gasteiger partial charge in [0.15, 0.2) is 0 Å². The molecule has 15 heteroatoms. The molecule has 1 aliphatic rings. The third kappa shape index (κ3) is 7.13. The molecule has 3 aromatic rings. The van der Waals surface area contributed by atoms with E-state index in [1.165, 1.54) is 23.1 Å². The van der Waals surface area contributed by atoms with Crippen molar-refractivity contribution in [1.29, 1.82) is 0 Å². The molecule has 1 aliphatic heterocycles. The topological polar surface area (TPSA) is 160 Å². The molecule has 0 aliphatic carbocycles. The van der Waals surface area contributed by atoms with Crippen LogP contribution in [-0.2, 0) is 44.2 Å². The number of hydrogen-bond acceptors (Lipinski definition) is 9. The van der Waals surface area contributed by atoms with Crippen molar-refractivity contribution in [3.8, 4) is 0 Å². The summed E-state index contributed by atoms with van der Waals surface area (Å²) in [5, 5.41) is 12.5. The van der Waals surface area contributed by atoms with Gasteiger partial charge < -0.3 is 24.6 Å². The average molecular weight is 624 g/mol. The number of anilines is 1. The number of esters is 1. The molecule has 41 heavy (non-hydrogen) atoms. The van der Waals surface area contributed by atoms with E-state index in [1.54, 1.807) is 43.1 Å². The molecule has 0 radical (unpaired) electrons. The normalized spacial score (nSPS) is 16.1. The number of sulfonamides is 1. The maximum Gasteiger partial charge on any atom is 0.326 e. The lowest BCUT2D eigenvalue weighted by Crippen LogP contribution is -2.49. The number of aryl methyl sites for hydroxylation is 1. The van der Waals surface area contributed by atoms with E-state index >= 15 is 0 Å². The Bertz CT molecular complexity index is 1540. The van der Waals surface area contributed by atoms with Crippen LogP contribution in [0.15, 0.2) is 47.6 Å². The highest BCUT2D eigenvalue weighted by Crippen LogP contribution is 2.31. The Morgan fingerprint density at radius 2 is 2.07 bits per heavy atom. The SMILES string of the molecule is CCc1c(N2CC[C@H](O)C2=O)cccc1S(=O)(=O)NC(CNC(=O)c1ccc(Cl)s1)C(=O)OCCc1nccn1C. The molecule has 12 nitrogen and oxygen atoms in total. The fraction of sp³-hybridized carbons (Fsp3) is 0.385. The van der Waals surface area contributed by atoms with Crippen LogP contribution in [-0.4, -0.2) is 72.7 Å². The van der Waals surface area contributed by atoms with Gasteiger partial charge in [-0.2, -0.15) is 4.72 Å². The fourth-order valence-corrected chi connectivity index (χ4v) is 6.91. The molecule has 220 valence electrons. The lowest BCUT2D eigenvalue weighted by molar-refractivity contribution is -0.145. The molecule has 2 atom stereocenters. The zero-order valence-electron chi connectivity index (χ0n) is 22.4. The molecule has 0 spiro atoms. The van der Waals surface area contributed by atoms with Crippen molar-refractivity contribution in [3.63, 3.8) is 0 Å². The lowest BCUT2D eigenvalue weighted by atomic mass is 10.1. The van der Waals surface area contributed by atoms with Crippen LogP contribution in [0.4, 0.5) is 5.69 Å². The van der Waals surface area contributed by atoms with E-state index in [9.17, 15) is 27.9 Å². The zero-order chi connectivity index (χ0) is 29.7. The predicted octanol–water partition coefficient (Wildman–Crippen LogP) is 1.66. The first-order chi connectivity index (χ1) is 19.5. The van der Waals surface area contributed by atoms with Gasteiger partial charge in [0.05, 0.1) is 20.7 Å². The van der Waals surface area contributed by atoms with Crippen molar-refractivity contribution in [2.24, 2.45) is 7.05 Å². The number of thiophene rings is 1. The highest BCUT2D eigenvalue weighted by atomic mass is 35.5. The van der Waals surface area contributed by atoms with E-state index in [-0.39, 0.29) is 35.8 Å². The summed E-state index contributed by atoms with van der Waals surface area (Å²) < 4.78 is 37.2. The van der Waals surface area contributed by atoms with Gasteiger partial charge in [-0.3, -0.25) is 14.4 Å². The fourth-order valence-electron chi connectivity index (χ4n) is 4.44. The van der Waals surface area contributed by atoms with Crippen molar-refractivity contribution in [3.05, 3.63) is 63.3 Å². The van der Waals surface area contributed by atoms with Gasteiger partial charge in [-0.1, -0.05) is 24.6 Å². The molecule has 3 heterocycles. The van der Waals surface area contributed by atoms with Gasteiger partial charge in [-0.15, -0.1) is 11.3 Å². The van der Waals surface area contributed by atoms with Crippen LogP contribution in [0.3, 0.4) is 0 Å². The number of ether oxygens (including phenoxy) is 1. The van der Waals surface area contributed by atoms with Gasteiger partial charge in [0.2, 0.25) is 10.0 Å². The number of aliphatic hydroxyl groups is 1. The Morgan fingerprint density at radius 1 is 1.29 bits per heavy atom. The molecule has 0 bridgehead atoms. The maximum absolute atomic E-state index is 13.6. The molecular formula is C26H30ClN5O7S2. The summed E-state index contributed by atoms with van der Waals surface area (Å²) in [7, 11) is -2.56. The summed E-state index contributed by atoms with van der Waals surface area (Å²) in [6.45, 7) is 1.52. The average Bonchev–Trinajstić information content (AvgIpc) is 3.66. The quantitative estimate of drug-likeness (QED) is 0.257. The van der Waals surface area contributed by atoms with E-state index < -0.39 is 46.5 Å². The van der Waals surface area contributed by atoms with Crippen LogP contribution in [0.5, 0.6) is 0 Å². The third-order valence-corrected chi connectivity index (χ3v) is 9.34. The van der Waals surface area contributed by atoms with Gasteiger partial charge in [0.1, 0.15) is 18.0 Å². The van der Waals surface area contributed by atoms with E-state index in [2.05, 4.69) is 15.0 Å². The number of nitrogens with one attached hydrogen (secondary N) is 2. The van der Waals surface area contributed by atoms with Gasteiger partial charge in [-0.05, 0) is 36.2 Å². The number of imidazole rings is 1. The van der Waals surface area contributed by atoms with E-state index in [4.69, 9.17) is 16.3 Å². The molecule has 0 saturated carbocycles. The molecule has 3 N–H and O–H groups in total. The number of nitrogens with zero attached hydrogens (tertiary/aromatic N) is 3. The number of carbonyl (C=O) groups excluding carboxylic acids is 3. The standard InChI is InChI=1S/C26H30ClN5O7S2/c1-3-16-18(32-12-9-19(33)25(32)35)5-4-6-21(16)41(37,38)30-17(15-29-24(34)20-7-8-22(27)40-20)26(36)39-14-10-23-28-11-13-31(23)2/h4-8,11,13,17,19,30,33H,3,9-10,12,14-15H2,1-2H3,(H,29,34)/t17?,19-/m0/s1. The van der Waals surface area contributed by atoms with Crippen molar-refractivity contribution in [1.82, 2.24) is 19.6 Å². The van der Waals surface area contributed by atoms with Gasteiger partial charge in [-0.25, -0.2) is 13.4 Å². The number of carbonyl (C=O) groups is 3. The van der Waals surface area contributed by atoms with Crippen LogP contribution in [0, 0.1) is 0 Å². The summed E-state index contributed by atoms with van der Waals surface area (Å²) in [4.78, 5) is 43.9. The van der Waals surface area contributed by atoms with Crippen LogP contribution < -0.4 is 14.9 Å². The smallest absolute Gasteiger partial charge is 0.326 e. The largest absolute Gasteiger partial charge is 0.464 e. The molecular weight excluding hydrogens is 594 g/mol. The zero-order valence-corrected chi connectivity index (χ0v) is 24.8. The highest BCUT2D eigenvalue weighted by molar-refractivity contribution is 7.89. The number of aliphatic hydroxyl groups excluding tert-OH is 1. The molecule has 1 saturated heterocycles. The van der Waals surface area contributed by atoms with Crippen LogP contribution in [0.25, 0.3) is 0 Å². The van der Waals surface area contributed by atoms with Crippen molar-refractivity contribution in [2.45, 2.75) is 43.2 Å². The number of benzene rings is 1. The van der Waals surface area contributed by atoms with Crippen molar-refractivity contribution >= 4 is 56.4 Å². The second-order valence-corrected chi connectivity index (χ2v) is 12.7. The second-order valence-electron chi connectivity index (χ2n) is 9.26. The summed E-state index contributed by atoms with van der Waals surface area (Å²) in [6, 6.07) is 6.08. The van der Waals surface area contributed by atoms with Gasteiger partial charge in [0, 0.05) is 51.1 Å². The maximum atomic E-state index is 13.6. The number of halogens is 1. The number of hydrogen-bond donors (Lipinski definition) is 3. The van der Waals surface area contributed by atoms with E-state index in [0.717, 1.165) is 11.3 Å². The third-order valence-electron chi connectivity index (χ3n) is 6.56. The molecule has 1 aromatic carbocycles. The molecule has 2 aromatic heterocycles. The van der Waals surface area contributed by atoms with Crippen LogP contribution >= 0.6 is 22.9 Å². The highest BCUT2D eigenvalue weighted by Gasteiger charge is 2.34. The lowest BCUT2D eigenvalue weighted by Gasteiger charge is -2.23. The minimum Gasteiger partial charge on any atom is -0.464 e. The Hall–Kier alpha value is -3.30. The minimum absolute atomic E-state index is 0.0640. The molecule has 4 rings (SSSR count). The van der Waals surface area contributed by atoms with Gasteiger partial charge in [0.25, 0.3) is 11.8 Å². The summed E-state index contributed by atoms with van der Waals surface area (Å²) in [5.41, 5.74) is 0.718. The first-order valence-corrected chi connectivity index (χ1v) is 15.5. The van der Waals surface area contributed by atoms with Crippen molar-refractivity contribution < 1.29 is 32.6 Å². The van der Waals surface area contributed by atoms with E-state index in [0.29, 0.717) is 27.8 Å². The summed E-state index contributed by atoms with van der Waals surface area (Å²) in [5.74, 6) is -1.26. The van der Waals surface area contributed by atoms with E-state index in [1.807, 2.05) is 0 Å². The number of amides is 2. The number of rotatable bonds is 12. The summed E-state index contributed by atoms with van der Waals surface area (Å²) in [6.07, 6.45) is 2.99. The minimum atomic E-state index is -4.35. The molecule has 1 unspecified atom stereocenters. The Morgan fingerprint density at radius 3 is 2.68 bits per heavy atom. The Kier molecular flexibility index (Phi) is 9.81. The second kappa shape index (κ2) is 13.1. The summed E-state index contributed by atoms with van der Waals surface area (Å²) >= 11 is 6.95. The predicted molar refractivity (Wildman–Crippen MR) is 152 cm³/mol. The Balaban J connectivity index is 1.56. The van der Waals surface area contributed by atoms with Gasteiger partial charge >= 0.3 is 5.97 Å².